The summed E-state index contributed by atoms with van der Waals surface area (Å²) in [5.41, 5.74) is 2.84. The van der Waals surface area contributed by atoms with Crippen molar-refractivity contribution in [2.75, 3.05) is 36.5 Å². The van der Waals surface area contributed by atoms with Crippen LogP contribution in [0.25, 0.3) is 11.3 Å². The third-order valence-electron chi connectivity index (χ3n) is 7.50. The van der Waals surface area contributed by atoms with E-state index in [1.54, 1.807) is 17.0 Å². The van der Waals surface area contributed by atoms with E-state index in [0.717, 1.165) is 68.9 Å². The van der Waals surface area contributed by atoms with E-state index in [-0.39, 0.29) is 18.0 Å². The summed E-state index contributed by atoms with van der Waals surface area (Å²) in [5, 5.41) is 3.03. The molecule has 3 aliphatic rings. The number of hydrogen-bond acceptors (Lipinski definition) is 4. The number of hydrogen-bond donors (Lipinski definition) is 1. The number of urea groups is 1. The lowest BCUT2D eigenvalue weighted by Gasteiger charge is -2.35. The lowest BCUT2D eigenvalue weighted by Crippen LogP contribution is -2.46. The highest BCUT2D eigenvalue weighted by Crippen LogP contribution is 2.51. The van der Waals surface area contributed by atoms with Crippen LogP contribution in [0.15, 0.2) is 60.7 Å². The molecule has 6 nitrogen and oxygen atoms in total. The highest BCUT2D eigenvalue weighted by Gasteiger charge is 2.48. The van der Waals surface area contributed by atoms with Gasteiger partial charge in [0.15, 0.2) is 0 Å². The van der Waals surface area contributed by atoms with Gasteiger partial charge in [-0.2, -0.15) is 13.2 Å². The van der Waals surface area contributed by atoms with Gasteiger partial charge < -0.3 is 10.1 Å². The predicted molar refractivity (Wildman–Crippen MR) is 134 cm³/mol. The molecule has 6 rings (SSSR count). The second-order valence-electron chi connectivity index (χ2n) is 9.83. The first-order valence-electron chi connectivity index (χ1n) is 12.5. The summed E-state index contributed by atoms with van der Waals surface area (Å²) < 4.78 is 45.2. The van der Waals surface area contributed by atoms with Gasteiger partial charge in [0, 0.05) is 48.4 Å². The first-order chi connectivity index (χ1) is 17.9. The fraction of sp³-hybridized carbons (Fsp3) is 0.357. The van der Waals surface area contributed by atoms with Crippen molar-refractivity contribution >= 4 is 17.5 Å². The number of fused-ring (bicyclic) bond motifs is 3. The number of nitrogens with zero attached hydrogens (tertiary/aromatic N) is 3. The topological polar surface area (TPSA) is 57.7 Å². The van der Waals surface area contributed by atoms with Crippen LogP contribution in [0, 0.1) is 0 Å². The smallest absolute Gasteiger partial charge is 0.379 e. The molecule has 0 radical (unpaired) electrons. The number of amides is 2. The molecule has 2 atom stereocenters. The first kappa shape index (κ1) is 23.9. The van der Waals surface area contributed by atoms with E-state index in [2.05, 4.69) is 10.2 Å². The molecule has 2 amide bonds. The lowest BCUT2D eigenvalue weighted by atomic mass is 9.78. The molecule has 2 aromatic carbocycles. The summed E-state index contributed by atoms with van der Waals surface area (Å²) in [6.45, 7) is 3.99. The van der Waals surface area contributed by atoms with Crippen molar-refractivity contribution in [3.8, 4) is 11.3 Å². The quantitative estimate of drug-likeness (QED) is 0.477. The van der Waals surface area contributed by atoms with Crippen molar-refractivity contribution in [3.05, 3.63) is 77.4 Å². The van der Waals surface area contributed by atoms with Crippen molar-refractivity contribution in [2.45, 2.75) is 37.5 Å². The van der Waals surface area contributed by atoms with E-state index < -0.39 is 11.7 Å². The molecule has 3 aromatic rings. The molecule has 0 spiro atoms. The normalized spacial score (nSPS) is 21.2. The van der Waals surface area contributed by atoms with Crippen molar-refractivity contribution in [3.63, 3.8) is 0 Å². The summed E-state index contributed by atoms with van der Waals surface area (Å²) in [5.74, 6) is 0.737. The lowest BCUT2D eigenvalue weighted by molar-refractivity contribution is -0.137. The zero-order chi connectivity index (χ0) is 25.6. The summed E-state index contributed by atoms with van der Waals surface area (Å²) in [4.78, 5) is 22.2. The molecule has 37 heavy (non-hydrogen) atoms. The van der Waals surface area contributed by atoms with Gasteiger partial charge in [-0.15, -0.1) is 0 Å². The summed E-state index contributed by atoms with van der Waals surface area (Å²) in [6, 6.07) is 16.3. The van der Waals surface area contributed by atoms with E-state index in [1.807, 2.05) is 30.3 Å². The number of rotatable bonds is 4. The Morgan fingerprint density at radius 3 is 2.59 bits per heavy atom. The molecule has 1 N–H and O–H groups in total. The monoisotopic (exact) mass is 508 g/mol. The molecule has 0 bridgehead atoms. The van der Waals surface area contributed by atoms with Gasteiger partial charge >= 0.3 is 12.2 Å². The van der Waals surface area contributed by atoms with Gasteiger partial charge in [-0.25, -0.2) is 9.78 Å². The molecular weight excluding hydrogens is 481 g/mol. The highest BCUT2D eigenvalue weighted by molar-refractivity contribution is 6.03. The molecule has 1 saturated carbocycles. The minimum Gasteiger partial charge on any atom is -0.379 e. The van der Waals surface area contributed by atoms with Crippen LogP contribution in [0.5, 0.6) is 0 Å². The van der Waals surface area contributed by atoms with Crippen molar-refractivity contribution in [1.82, 2.24) is 9.88 Å². The van der Waals surface area contributed by atoms with Crippen LogP contribution in [0.1, 0.15) is 35.4 Å². The molecule has 3 heterocycles. The zero-order valence-electron chi connectivity index (χ0n) is 20.2. The zero-order valence-corrected chi connectivity index (χ0v) is 20.2. The Morgan fingerprint density at radius 1 is 1.03 bits per heavy atom. The Balaban J connectivity index is 1.24. The number of carbonyl (C=O) groups is 1. The van der Waals surface area contributed by atoms with Crippen LogP contribution in [0.4, 0.5) is 29.5 Å². The van der Waals surface area contributed by atoms with E-state index in [4.69, 9.17) is 9.72 Å². The SMILES string of the molecule is O=C(Nc1cccc(CN2CCOCC2)c1)N1c2nc(-c3cccc(C(F)(F)F)c3)ccc2C2CCC21. The van der Waals surface area contributed by atoms with E-state index >= 15 is 0 Å². The third kappa shape index (κ3) is 4.69. The summed E-state index contributed by atoms with van der Waals surface area (Å²) in [6.07, 6.45) is -2.61. The maximum absolute atomic E-state index is 13.5. The standard InChI is InChI=1S/C28H27F3N4O2/c29-28(30,31)20-5-2-4-19(16-20)24-9-7-23-22-8-10-25(22)35(26(23)33-24)27(36)32-21-6-1-3-18(15-21)17-34-11-13-37-14-12-34/h1-7,9,15-16,22,25H,8,10-14,17H2,(H,32,36). The Hall–Kier alpha value is -3.43. The summed E-state index contributed by atoms with van der Waals surface area (Å²) in [7, 11) is 0. The Kier molecular flexibility index (Phi) is 6.12. The molecule has 1 aromatic heterocycles. The van der Waals surface area contributed by atoms with E-state index in [1.165, 1.54) is 6.07 Å². The second-order valence-corrected chi connectivity index (χ2v) is 9.83. The Labute approximate surface area is 213 Å². The third-order valence-corrected chi connectivity index (χ3v) is 7.50. The average Bonchev–Trinajstić information content (AvgIpc) is 3.09. The van der Waals surface area contributed by atoms with Crippen molar-refractivity contribution in [2.24, 2.45) is 0 Å². The van der Waals surface area contributed by atoms with Crippen molar-refractivity contribution in [1.29, 1.82) is 0 Å². The molecule has 1 aliphatic carbocycles. The number of aromatic nitrogens is 1. The van der Waals surface area contributed by atoms with Gasteiger partial charge in [-0.1, -0.05) is 30.3 Å². The fourth-order valence-electron chi connectivity index (χ4n) is 5.46. The number of pyridine rings is 1. The second kappa shape index (κ2) is 9.46. The number of nitrogens with one attached hydrogen (secondary N) is 1. The van der Waals surface area contributed by atoms with E-state index in [0.29, 0.717) is 22.8 Å². The van der Waals surface area contributed by atoms with Crippen LogP contribution >= 0.6 is 0 Å². The molecule has 9 heteroatoms. The van der Waals surface area contributed by atoms with Crippen LogP contribution in [-0.2, 0) is 17.5 Å². The fourth-order valence-corrected chi connectivity index (χ4v) is 5.46. The molecular formula is C28H27F3N4O2. The van der Waals surface area contributed by atoms with E-state index in [9.17, 15) is 18.0 Å². The maximum atomic E-state index is 13.5. The van der Waals surface area contributed by atoms with Crippen LogP contribution < -0.4 is 10.2 Å². The van der Waals surface area contributed by atoms with Gasteiger partial charge in [0.25, 0.3) is 0 Å². The molecule has 1 saturated heterocycles. The van der Waals surface area contributed by atoms with Gasteiger partial charge in [-0.05, 0) is 48.7 Å². The largest absolute Gasteiger partial charge is 0.416 e. The number of carbonyl (C=O) groups excluding carboxylic acids is 1. The number of anilines is 2. The molecule has 2 fully saturated rings. The van der Waals surface area contributed by atoms with Crippen LogP contribution in [-0.4, -0.2) is 48.3 Å². The molecule has 2 aliphatic heterocycles. The molecule has 2 unspecified atom stereocenters. The van der Waals surface area contributed by atoms with Gasteiger partial charge in [-0.3, -0.25) is 9.80 Å². The number of halogens is 3. The maximum Gasteiger partial charge on any atom is 0.416 e. The minimum absolute atomic E-state index is 0.00999. The van der Waals surface area contributed by atoms with Crippen molar-refractivity contribution < 1.29 is 22.7 Å². The Morgan fingerprint density at radius 2 is 1.84 bits per heavy atom. The van der Waals surface area contributed by atoms with Gasteiger partial charge in [0.2, 0.25) is 0 Å². The number of morpholine rings is 1. The number of benzene rings is 2. The minimum atomic E-state index is -4.44. The van der Waals surface area contributed by atoms with Gasteiger partial charge in [0.05, 0.1) is 24.5 Å². The predicted octanol–water partition coefficient (Wildman–Crippen LogP) is 5.90. The number of ether oxygens (including phenoxy) is 1. The van der Waals surface area contributed by atoms with Gasteiger partial charge in [0.1, 0.15) is 5.82 Å². The highest BCUT2D eigenvalue weighted by atomic mass is 19.4. The summed E-state index contributed by atoms with van der Waals surface area (Å²) >= 11 is 0. The molecule has 192 valence electrons. The number of alkyl halides is 3. The first-order valence-corrected chi connectivity index (χ1v) is 12.5. The Bertz CT molecular complexity index is 1320. The van der Waals surface area contributed by atoms with Crippen LogP contribution in [0.2, 0.25) is 0 Å². The average molecular weight is 509 g/mol. The van der Waals surface area contributed by atoms with Crippen LogP contribution in [0.3, 0.4) is 0 Å².